The molecule has 0 amide bonds. The van der Waals surface area contributed by atoms with Gasteiger partial charge in [0.25, 0.3) is 10.0 Å². The molecule has 148 valence electrons. The Labute approximate surface area is 160 Å². The van der Waals surface area contributed by atoms with Crippen LogP contribution in [0.2, 0.25) is 0 Å². The average molecular weight is 428 g/mol. The number of sulfonamides is 2. The molecule has 0 bridgehead atoms. The molecule has 0 fully saturated rings. The monoisotopic (exact) mass is 428 g/mol. The van der Waals surface area contributed by atoms with Crippen LogP contribution in [0.15, 0.2) is 75.1 Å². The molecule has 1 heterocycles. The number of nitrogens with one attached hydrogen (secondary N) is 2. The molecule has 0 aliphatic carbocycles. The molecule has 2 aromatic carbocycles. The third-order valence-electron chi connectivity index (χ3n) is 3.56. The van der Waals surface area contributed by atoms with Crippen LogP contribution >= 0.6 is 0 Å². The van der Waals surface area contributed by atoms with E-state index in [1.165, 1.54) is 24.5 Å². The molecule has 2 N–H and O–H groups in total. The largest absolute Gasteiger partial charge is 0.468 e. The van der Waals surface area contributed by atoms with E-state index in [0.717, 1.165) is 6.07 Å². The lowest BCUT2D eigenvalue weighted by molar-refractivity contribution is 0.498. The van der Waals surface area contributed by atoms with E-state index in [4.69, 9.17) is 4.42 Å². The van der Waals surface area contributed by atoms with Gasteiger partial charge >= 0.3 is 0 Å². The molecule has 0 spiro atoms. The van der Waals surface area contributed by atoms with Crippen LogP contribution in [0.25, 0.3) is 0 Å². The van der Waals surface area contributed by atoms with Crippen LogP contribution < -0.4 is 9.44 Å². The fourth-order valence-electron chi connectivity index (χ4n) is 2.29. The predicted octanol–water partition coefficient (Wildman–Crippen LogP) is 2.84. The summed E-state index contributed by atoms with van der Waals surface area (Å²) in [6, 6.07) is 10.0. The molecule has 0 saturated carbocycles. The summed E-state index contributed by atoms with van der Waals surface area (Å²) in [5, 5.41) is 0. The minimum atomic E-state index is -4.33. The summed E-state index contributed by atoms with van der Waals surface area (Å²) in [5.74, 6) is -1.72. The number of benzene rings is 2. The summed E-state index contributed by atoms with van der Waals surface area (Å²) in [6.45, 7) is -0.0894. The molecule has 7 nitrogen and oxygen atoms in total. The van der Waals surface area contributed by atoms with Crippen LogP contribution in [0.5, 0.6) is 0 Å². The molecular formula is C17H14F2N2O5S2. The number of anilines is 1. The summed E-state index contributed by atoms with van der Waals surface area (Å²) in [6.07, 6.45) is 1.40. The third-order valence-corrected chi connectivity index (χ3v) is 6.32. The van der Waals surface area contributed by atoms with Crippen molar-refractivity contribution in [2.75, 3.05) is 4.72 Å². The average Bonchev–Trinajstić information content (AvgIpc) is 3.13. The van der Waals surface area contributed by atoms with Gasteiger partial charge in [0.15, 0.2) is 0 Å². The Morgan fingerprint density at radius 2 is 1.54 bits per heavy atom. The quantitative estimate of drug-likeness (QED) is 0.602. The summed E-state index contributed by atoms with van der Waals surface area (Å²) in [5.41, 5.74) is -0.0921. The highest BCUT2D eigenvalue weighted by atomic mass is 32.2. The number of rotatable bonds is 7. The van der Waals surface area contributed by atoms with Crippen molar-refractivity contribution < 1.29 is 30.0 Å². The lowest BCUT2D eigenvalue weighted by atomic mass is 10.3. The zero-order valence-electron chi connectivity index (χ0n) is 14.1. The van der Waals surface area contributed by atoms with Gasteiger partial charge in [-0.1, -0.05) is 6.07 Å². The van der Waals surface area contributed by atoms with Gasteiger partial charge in [-0.3, -0.25) is 4.72 Å². The van der Waals surface area contributed by atoms with Crippen molar-refractivity contribution in [1.82, 2.24) is 4.72 Å². The molecule has 1 aromatic heterocycles. The van der Waals surface area contributed by atoms with E-state index in [0.29, 0.717) is 24.0 Å². The zero-order valence-corrected chi connectivity index (χ0v) is 15.7. The fraction of sp³-hybridized carbons (Fsp3) is 0.0588. The van der Waals surface area contributed by atoms with Crippen molar-refractivity contribution >= 4 is 25.7 Å². The number of furan rings is 1. The first-order valence-electron chi connectivity index (χ1n) is 7.77. The topological polar surface area (TPSA) is 105 Å². The Hall–Kier alpha value is -2.76. The van der Waals surface area contributed by atoms with Gasteiger partial charge in [0.1, 0.15) is 17.4 Å². The Morgan fingerprint density at radius 3 is 2.18 bits per heavy atom. The zero-order chi connectivity index (χ0) is 20.4. The first-order chi connectivity index (χ1) is 13.2. The first kappa shape index (κ1) is 20.0. The Kier molecular flexibility index (Phi) is 5.49. The van der Waals surface area contributed by atoms with E-state index in [1.54, 1.807) is 12.1 Å². The summed E-state index contributed by atoms with van der Waals surface area (Å²) < 4.78 is 85.4. The maximum Gasteiger partial charge on any atom is 0.262 e. The molecular weight excluding hydrogens is 414 g/mol. The van der Waals surface area contributed by atoms with E-state index in [9.17, 15) is 25.6 Å². The maximum absolute atomic E-state index is 13.3. The summed E-state index contributed by atoms with van der Waals surface area (Å²) in [7, 11) is -8.29. The fourth-order valence-corrected chi connectivity index (χ4v) is 4.42. The molecule has 0 aliphatic rings. The van der Waals surface area contributed by atoms with Gasteiger partial charge in [0.05, 0.1) is 28.3 Å². The van der Waals surface area contributed by atoms with Gasteiger partial charge in [0, 0.05) is 6.07 Å². The number of hydrogen-bond acceptors (Lipinski definition) is 5. The molecule has 0 unspecified atom stereocenters. The van der Waals surface area contributed by atoms with Crippen molar-refractivity contribution in [3.63, 3.8) is 0 Å². The van der Waals surface area contributed by atoms with Gasteiger partial charge in [-0.05, 0) is 42.5 Å². The Morgan fingerprint density at radius 1 is 0.821 bits per heavy atom. The highest BCUT2D eigenvalue weighted by Crippen LogP contribution is 2.21. The second-order valence-corrected chi connectivity index (χ2v) is 9.09. The van der Waals surface area contributed by atoms with Crippen molar-refractivity contribution in [2.45, 2.75) is 16.3 Å². The minimum absolute atomic E-state index is 0.0894. The van der Waals surface area contributed by atoms with Crippen molar-refractivity contribution in [2.24, 2.45) is 0 Å². The van der Waals surface area contributed by atoms with Crippen LogP contribution in [0, 0.1) is 11.6 Å². The molecule has 0 aliphatic heterocycles. The highest BCUT2D eigenvalue weighted by Gasteiger charge is 2.19. The number of halogens is 2. The number of hydrogen-bond donors (Lipinski definition) is 2. The van der Waals surface area contributed by atoms with Gasteiger partial charge < -0.3 is 4.42 Å². The maximum atomic E-state index is 13.3. The van der Waals surface area contributed by atoms with Gasteiger partial charge in [-0.15, -0.1) is 0 Å². The summed E-state index contributed by atoms with van der Waals surface area (Å²) in [4.78, 5) is -0.834. The second-order valence-electron chi connectivity index (χ2n) is 5.64. The van der Waals surface area contributed by atoms with Gasteiger partial charge in [-0.2, -0.15) is 0 Å². The minimum Gasteiger partial charge on any atom is -0.468 e. The lowest BCUT2D eigenvalue weighted by Crippen LogP contribution is -2.23. The van der Waals surface area contributed by atoms with E-state index < -0.39 is 36.6 Å². The molecule has 28 heavy (non-hydrogen) atoms. The molecule has 3 rings (SSSR count). The smallest absolute Gasteiger partial charge is 0.262 e. The SMILES string of the molecule is O=S(=O)(NCc1ccco1)c1cccc(NS(=O)(=O)c2cc(F)cc(F)c2)c1. The van der Waals surface area contributed by atoms with Crippen molar-refractivity contribution in [1.29, 1.82) is 0 Å². The summed E-state index contributed by atoms with van der Waals surface area (Å²) >= 11 is 0. The second kappa shape index (κ2) is 7.70. The molecule has 3 aromatic rings. The van der Waals surface area contributed by atoms with E-state index in [2.05, 4.69) is 9.44 Å². The molecule has 0 saturated heterocycles. The van der Waals surface area contributed by atoms with E-state index >= 15 is 0 Å². The van der Waals surface area contributed by atoms with E-state index in [1.807, 2.05) is 0 Å². The van der Waals surface area contributed by atoms with Crippen LogP contribution in [-0.4, -0.2) is 16.8 Å². The van der Waals surface area contributed by atoms with Crippen LogP contribution in [-0.2, 0) is 26.6 Å². The predicted molar refractivity (Wildman–Crippen MR) is 96.3 cm³/mol. The molecule has 11 heteroatoms. The van der Waals surface area contributed by atoms with Crippen molar-refractivity contribution in [3.8, 4) is 0 Å². The molecule has 0 radical (unpaired) electrons. The molecule has 0 atom stereocenters. The Balaban J connectivity index is 1.82. The normalized spacial score (nSPS) is 12.1. The third kappa shape index (κ3) is 4.74. The van der Waals surface area contributed by atoms with Crippen LogP contribution in [0.3, 0.4) is 0 Å². The highest BCUT2D eigenvalue weighted by molar-refractivity contribution is 7.92. The van der Waals surface area contributed by atoms with Crippen LogP contribution in [0.4, 0.5) is 14.5 Å². The van der Waals surface area contributed by atoms with E-state index in [-0.39, 0.29) is 17.1 Å². The van der Waals surface area contributed by atoms with Gasteiger partial charge in [0.2, 0.25) is 10.0 Å². The first-order valence-corrected chi connectivity index (χ1v) is 10.7. The lowest BCUT2D eigenvalue weighted by Gasteiger charge is -2.11. The van der Waals surface area contributed by atoms with Gasteiger partial charge in [-0.25, -0.2) is 30.3 Å². The van der Waals surface area contributed by atoms with Crippen molar-refractivity contribution in [3.05, 3.63) is 78.3 Å². The van der Waals surface area contributed by atoms with Crippen LogP contribution in [0.1, 0.15) is 5.76 Å². The Bertz CT molecular complexity index is 1170. The standard InChI is InChI=1S/C17H14F2N2O5S2/c18-12-7-13(19)9-17(8-12)28(24,25)21-14-3-1-5-16(10-14)27(22,23)20-11-15-4-2-6-26-15/h1-10,20-21H,11H2.